The average molecular weight is 311 g/mol. The fourth-order valence-electron chi connectivity index (χ4n) is 1.27. The highest BCUT2D eigenvalue weighted by molar-refractivity contribution is 5.43. The van der Waals surface area contributed by atoms with Gasteiger partial charge >= 0.3 is 12.5 Å². The molecule has 0 aliphatic rings. The van der Waals surface area contributed by atoms with E-state index in [0.717, 1.165) is 0 Å². The van der Waals surface area contributed by atoms with E-state index in [-0.39, 0.29) is 6.07 Å². The van der Waals surface area contributed by atoms with Crippen molar-refractivity contribution in [2.24, 2.45) is 0 Å². The van der Waals surface area contributed by atoms with Crippen LogP contribution in [0.3, 0.4) is 0 Å². The molecule has 0 N–H and O–H groups in total. The van der Waals surface area contributed by atoms with Crippen LogP contribution in [-0.4, -0.2) is 18.5 Å². The maximum atomic E-state index is 12.6. The van der Waals surface area contributed by atoms with Crippen LogP contribution in [0, 0.1) is 0 Å². The van der Waals surface area contributed by atoms with Gasteiger partial charge in [-0.15, -0.1) is 13.2 Å². The third kappa shape index (κ3) is 3.84. The minimum absolute atomic E-state index is 0.0340. The highest BCUT2D eigenvalue weighted by Crippen LogP contribution is 2.42. The topological polar surface area (TPSA) is 31.4 Å². The molecule has 114 valence electrons. The first-order valence-electron chi connectivity index (χ1n) is 4.65. The Kier molecular flexibility index (Phi) is 4.30. The molecule has 0 spiro atoms. The number of hydrogen-bond acceptors (Lipinski definition) is 3. The summed E-state index contributed by atoms with van der Waals surface area (Å²) in [5.41, 5.74) is -3.44. The van der Waals surface area contributed by atoms with Crippen molar-refractivity contribution in [2.45, 2.75) is 19.0 Å². The molecular weight excluding hydrogens is 306 g/mol. The quantitative estimate of drug-likeness (QED) is 0.792. The fraction of sp³-hybridized carbons (Fsp3) is 0.444. The second kappa shape index (κ2) is 5.29. The van der Waals surface area contributed by atoms with Crippen molar-refractivity contribution in [3.8, 4) is 11.6 Å². The Bertz CT molecular complexity index is 482. The Morgan fingerprint density at radius 2 is 1.65 bits per heavy atom. The minimum atomic E-state index is -5.37. The Morgan fingerprint density at radius 3 is 2.00 bits per heavy atom. The molecule has 0 aromatic carbocycles. The summed E-state index contributed by atoms with van der Waals surface area (Å²) in [6.07, 6.45) is -14.2. The molecule has 1 aromatic heterocycles. The van der Waals surface area contributed by atoms with Crippen molar-refractivity contribution in [3.63, 3.8) is 0 Å². The molecule has 0 amide bonds. The Hall–Kier alpha value is -1.81. The molecule has 0 saturated carbocycles. The highest BCUT2D eigenvalue weighted by Gasteiger charge is 2.41. The first-order valence-corrected chi connectivity index (χ1v) is 4.65. The van der Waals surface area contributed by atoms with Gasteiger partial charge in [-0.25, -0.2) is 13.8 Å². The lowest BCUT2D eigenvalue weighted by molar-refractivity contribution is -0.276. The van der Waals surface area contributed by atoms with Gasteiger partial charge < -0.3 is 9.47 Å². The zero-order valence-corrected chi connectivity index (χ0v) is 9.44. The van der Waals surface area contributed by atoms with E-state index >= 15 is 0 Å². The van der Waals surface area contributed by atoms with Gasteiger partial charge in [-0.1, -0.05) is 0 Å². The predicted molar refractivity (Wildman–Crippen MR) is 47.4 cm³/mol. The molecule has 0 saturated heterocycles. The van der Waals surface area contributed by atoms with Gasteiger partial charge in [0.05, 0.1) is 12.7 Å². The van der Waals surface area contributed by atoms with Crippen LogP contribution in [0.4, 0.5) is 35.1 Å². The molecule has 1 heterocycles. The summed E-state index contributed by atoms with van der Waals surface area (Å²) in [5.74, 6) is -3.01. The van der Waals surface area contributed by atoms with Crippen LogP contribution in [0.5, 0.6) is 11.6 Å². The Morgan fingerprint density at radius 1 is 1.10 bits per heavy atom. The van der Waals surface area contributed by atoms with Crippen LogP contribution in [-0.2, 0) is 6.18 Å². The number of hydrogen-bond donors (Lipinski definition) is 0. The molecule has 0 aliphatic carbocycles. The van der Waals surface area contributed by atoms with Crippen molar-refractivity contribution in [2.75, 3.05) is 7.11 Å². The van der Waals surface area contributed by atoms with Gasteiger partial charge in [0.15, 0.2) is 11.4 Å². The third-order valence-corrected chi connectivity index (χ3v) is 1.91. The van der Waals surface area contributed by atoms with Crippen LogP contribution in [0.1, 0.15) is 17.7 Å². The van der Waals surface area contributed by atoms with E-state index in [9.17, 15) is 35.1 Å². The van der Waals surface area contributed by atoms with Gasteiger partial charge in [0.1, 0.15) is 0 Å². The van der Waals surface area contributed by atoms with Crippen LogP contribution < -0.4 is 9.47 Å². The van der Waals surface area contributed by atoms with Crippen LogP contribution in [0.15, 0.2) is 6.07 Å². The summed E-state index contributed by atoms with van der Waals surface area (Å²) in [4.78, 5) is 2.52. The van der Waals surface area contributed by atoms with Gasteiger partial charge in [-0.3, -0.25) is 0 Å². The lowest BCUT2D eigenvalue weighted by atomic mass is 10.2. The van der Waals surface area contributed by atoms with Gasteiger partial charge in [-0.05, 0) is 0 Å². The molecule has 0 bridgehead atoms. The van der Waals surface area contributed by atoms with E-state index in [0.29, 0.717) is 7.11 Å². The zero-order valence-electron chi connectivity index (χ0n) is 9.44. The van der Waals surface area contributed by atoms with Gasteiger partial charge in [0.25, 0.3) is 6.43 Å². The van der Waals surface area contributed by atoms with Crippen molar-refractivity contribution in [3.05, 3.63) is 17.3 Å². The first-order chi connectivity index (χ1) is 8.95. The molecular formula is C9H5F8NO2. The SMILES string of the molecule is COc1c(C(F)F)cc(OC(F)(F)F)nc1C(F)(F)F. The predicted octanol–water partition coefficient (Wildman–Crippen LogP) is 3.95. The maximum Gasteiger partial charge on any atom is 0.574 e. The standard InChI is InChI=1S/C9H5F8NO2/c1-19-5-3(7(10)11)2-4(20-9(15,16)17)18-6(5)8(12,13)14/h2,7H,1H3. The molecule has 0 atom stereocenters. The molecule has 20 heavy (non-hydrogen) atoms. The monoisotopic (exact) mass is 311 g/mol. The minimum Gasteiger partial charge on any atom is -0.494 e. The lowest BCUT2D eigenvalue weighted by Gasteiger charge is -2.17. The van der Waals surface area contributed by atoms with Gasteiger partial charge in [0.2, 0.25) is 5.88 Å². The van der Waals surface area contributed by atoms with E-state index in [1.807, 2.05) is 0 Å². The summed E-state index contributed by atoms with van der Waals surface area (Å²) in [6, 6.07) is 0.0340. The number of nitrogens with zero attached hydrogens (tertiary/aromatic N) is 1. The molecule has 3 nitrogen and oxygen atoms in total. The molecule has 11 heteroatoms. The van der Waals surface area contributed by atoms with Crippen molar-refractivity contribution >= 4 is 0 Å². The largest absolute Gasteiger partial charge is 0.574 e. The maximum absolute atomic E-state index is 12.6. The van der Waals surface area contributed by atoms with Crippen molar-refractivity contribution in [1.29, 1.82) is 0 Å². The number of alkyl halides is 8. The molecule has 0 radical (unpaired) electrons. The van der Waals surface area contributed by atoms with Crippen LogP contribution >= 0.6 is 0 Å². The van der Waals surface area contributed by atoms with Crippen LogP contribution in [0.2, 0.25) is 0 Å². The molecule has 1 rings (SSSR count). The van der Waals surface area contributed by atoms with E-state index in [2.05, 4.69) is 14.5 Å². The van der Waals surface area contributed by atoms with E-state index in [1.165, 1.54) is 0 Å². The van der Waals surface area contributed by atoms with E-state index < -0.39 is 41.9 Å². The molecule has 0 fully saturated rings. The van der Waals surface area contributed by atoms with Crippen LogP contribution in [0.25, 0.3) is 0 Å². The third-order valence-electron chi connectivity index (χ3n) is 1.91. The Labute approximate surface area is 106 Å². The number of aromatic nitrogens is 1. The summed E-state index contributed by atoms with van der Waals surface area (Å²) in [6.45, 7) is 0. The second-order valence-corrected chi connectivity index (χ2v) is 3.28. The smallest absolute Gasteiger partial charge is 0.494 e. The second-order valence-electron chi connectivity index (χ2n) is 3.28. The highest BCUT2D eigenvalue weighted by atomic mass is 19.4. The Balaban J connectivity index is 3.48. The van der Waals surface area contributed by atoms with Gasteiger partial charge in [0, 0.05) is 6.07 Å². The summed E-state index contributed by atoms with van der Waals surface area (Å²) in [5, 5.41) is 0. The van der Waals surface area contributed by atoms with Gasteiger partial charge in [-0.2, -0.15) is 13.2 Å². The average Bonchev–Trinajstić information content (AvgIpc) is 2.24. The molecule has 0 aliphatic heterocycles. The molecule has 1 aromatic rings. The van der Waals surface area contributed by atoms with E-state index in [1.54, 1.807) is 0 Å². The van der Waals surface area contributed by atoms with Crippen molar-refractivity contribution < 1.29 is 44.6 Å². The first kappa shape index (κ1) is 16.2. The number of rotatable bonds is 3. The number of pyridine rings is 1. The summed E-state index contributed by atoms with van der Waals surface area (Å²) >= 11 is 0. The number of halogens is 8. The number of methoxy groups -OCH3 is 1. The fourth-order valence-corrected chi connectivity index (χ4v) is 1.27. The number of ether oxygens (including phenoxy) is 2. The van der Waals surface area contributed by atoms with Crippen molar-refractivity contribution in [1.82, 2.24) is 4.98 Å². The summed E-state index contributed by atoms with van der Waals surface area (Å²) < 4.78 is 106. The normalized spacial score (nSPS) is 12.7. The molecule has 0 unspecified atom stereocenters. The zero-order chi connectivity index (χ0) is 15.7. The van der Waals surface area contributed by atoms with E-state index in [4.69, 9.17) is 0 Å². The summed E-state index contributed by atoms with van der Waals surface area (Å²) in [7, 11) is 0.655. The lowest BCUT2D eigenvalue weighted by Crippen LogP contribution is -2.20.